The fourth-order valence-corrected chi connectivity index (χ4v) is 2.36. The fraction of sp³-hybridized carbons (Fsp3) is 1.00. The molecule has 1 aliphatic carbocycles. The predicted octanol–water partition coefficient (Wildman–Crippen LogP) is 1.27. The zero-order chi connectivity index (χ0) is 11.1. The molecule has 1 fully saturated rings. The Hall–Kier alpha value is -0.130. The highest BCUT2D eigenvalue weighted by atomic mass is 32.2. The van der Waals surface area contributed by atoms with Crippen LogP contribution >= 0.6 is 0 Å². The van der Waals surface area contributed by atoms with Crippen molar-refractivity contribution in [3.63, 3.8) is 0 Å². The van der Waals surface area contributed by atoms with Gasteiger partial charge in [-0.05, 0) is 19.8 Å². The first kappa shape index (κ1) is 12.9. The van der Waals surface area contributed by atoms with E-state index in [9.17, 15) is 8.42 Å². The summed E-state index contributed by atoms with van der Waals surface area (Å²) in [5, 5.41) is 0. The van der Waals surface area contributed by atoms with Crippen LogP contribution in [0.5, 0.6) is 0 Å². The summed E-state index contributed by atoms with van der Waals surface area (Å²) in [6.45, 7) is 2.51. The molecule has 90 valence electrons. The molecule has 1 aliphatic rings. The molecule has 0 aromatic rings. The van der Waals surface area contributed by atoms with E-state index in [-0.39, 0.29) is 5.75 Å². The first-order chi connectivity index (χ1) is 7.14. The van der Waals surface area contributed by atoms with Gasteiger partial charge < -0.3 is 4.74 Å². The lowest BCUT2D eigenvalue weighted by Crippen LogP contribution is -2.30. The van der Waals surface area contributed by atoms with Crippen molar-refractivity contribution in [2.45, 2.75) is 45.1 Å². The Labute approximate surface area is 92.4 Å². The zero-order valence-corrected chi connectivity index (χ0v) is 10.2. The second-order valence-electron chi connectivity index (χ2n) is 3.93. The Morgan fingerprint density at radius 2 is 1.93 bits per heavy atom. The molecule has 4 nitrogen and oxygen atoms in total. The first-order valence-electron chi connectivity index (χ1n) is 5.73. The number of hydrogen-bond donors (Lipinski definition) is 1. The van der Waals surface area contributed by atoms with Crippen LogP contribution in [0.2, 0.25) is 0 Å². The van der Waals surface area contributed by atoms with Crippen molar-refractivity contribution in [3.05, 3.63) is 0 Å². The SMILES string of the molecule is CCS(=O)(=O)NCCOC1CCCCC1. The van der Waals surface area contributed by atoms with Crippen LogP contribution in [0.15, 0.2) is 0 Å². The standard InChI is InChI=1S/C10H21NO3S/c1-2-15(12,13)11-8-9-14-10-6-4-3-5-7-10/h10-11H,2-9H2,1H3. The molecular formula is C10H21NO3S. The molecule has 0 spiro atoms. The maximum atomic E-state index is 11.1. The molecule has 0 aromatic carbocycles. The molecule has 1 saturated carbocycles. The minimum Gasteiger partial charge on any atom is -0.377 e. The first-order valence-corrected chi connectivity index (χ1v) is 7.38. The van der Waals surface area contributed by atoms with Gasteiger partial charge in [-0.3, -0.25) is 0 Å². The van der Waals surface area contributed by atoms with Crippen LogP contribution in [-0.2, 0) is 14.8 Å². The van der Waals surface area contributed by atoms with Crippen LogP contribution in [-0.4, -0.2) is 33.4 Å². The third-order valence-corrected chi connectivity index (χ3v) is 4.11. The van der Waals surface area contributed by atoms with Gasteiger partial charge in [0.1, 0.15) is 0 Å². The van der Waals surface area contributed by atoms with Crippen molar-refractivity contribution < 1.29 is 13.2 Å². The number of hydrogen-bond acceptors (Lipinski definition) is 3. The van der Waals surface area contributed by atoms with Gasteiger partial charge in [0.15, 0.2) is 0 Å². The van der Waals surface area contributed by atoms with E-state index in [2.05, 4.69) is 4.72 Å². The quantitative estimate of drug-likeness (QED) is 0.705. The predicted molar refractivity (Wildman–Crippen MR) is 60.3 cm³/mol. The maximum absolute atomic E-state index is 11.1. The summed E-state index contributed by atoms with van der Waals surface area (Å²) in [6, 6.07) is 0. The lowest BCUT2D eigenvalue weighted by atomic mass is 9.98. The van der Waals surface area contributed by atoms with Gasteiger partial charge in [-0.15, -0.1) is 0 Å². The van der Waals surface area contributed by atoms with Gasteiger partial charge in [0.2, 0.25) is 10.0 Å². The minimum absolute atomic E-state index is 0.135. The van der Waals surface area contributed by atoms with Crippen LogP contribution in [0.1, 0.15) is 39.0 Å². The third kappa shape index (κ3) is 5.49. The van der Waals surface area contributed by atoms with E-state index < -0.39 is 10.0 Å². The molecule has 1 rings (SSSR count). The normalized spacial score (nSPS) is 19.3. The summed E-state index contributed by atoms with van der Waals surface area (Å²) < 4.78 is 30.3. The summed E-state index contributed by atoms with van der Waals surface area (Å²) in [5.41, 5.74) is 0. The van der Waals surface area contributed by atoms with E-state index in [1.165, 1.54) is 19.3 Å². The van der Waals surface area contributed by atoms with Crippen molar-refractivity contribution in [2.24, 2.45) is 0 Å². The van der Waals surface area contributed by atoms with E-state index in [1.54, 1.807) is 6.92 Å². The molecule has 0 unspecified atom stereocenters. The van der Waals surface area contributed by atoms with Gasteiger partial charge >= 0.3 is 0 Å². The molecule has 0 aliphatic heterocycles. The van der Waals surface area contributed by atoms with Crippen LogP contribution < -0.4 is 4.72 Å². The Balaban J connectivity index is 2.06. The number of rotatable bonds is 6. The van der Waals surface area contributed by atoms with Gasteiger partial charge in [-0.2, -0.15) is 0 Å². The van der Waals surface area contributed by atoms with E-state index in [4.69, 9.17) is 4.74 Å². The van der Waals surface area contributed by atoms with Gasteiger partial charge in [-0.25, -0.2) is 13.1 Å². The van der Waals surface area contributed by atoms with Gasteiger partial charge in [0.05, 0.1) is 18.5 Å². The largest absolute Gasteiger partial charge is 0.377 e. The summed E-state index contributed by atoms with van der Waals surface area (Å²) in [7, 11) is -3.05. The van der Waals surface area contributed by atoms with Crippen molar-refractivity contribution >= 4 is 10.0 Å². The van der Waals surface area contributed by atoms with Crippen molar-refractivity contribution in [1.82, 2.24) is 4.72 Å². The lowest BCUT2D eigenvalue weighted by Gasteiger charge is -2.21. The van der Waals surface area contributed by atoms with Gasteiger partial charge in [-0.1, -0.05) is 19.3 Å². The summed E-state index contributed by atoms with van der Waals surface area (Å²) in [5.74, 6) is 0.135. The summed E-state index contributed by atoms with van der Waals surface area (Å²) >= 11 is 0. The molecule has 0 atom stereocenters. The van der Waals surface area contributed by atoms with Crippen LogP contribution in [0.3, 0.4) is 0 Å². The highest BCUT2D eigenvalue weighted by Crippen LogP contribution is 2.19. The Kier molecular flexibility index (Phi) is 5.56. The van der Waals surface area contributed by atoms with Crippen molar-refractivity contribution in [3.8, 4) is 0 Å². The summed E-state index contributed by atoms with van der Waals surface area (Å²) in [4.78, 5) is 0. The Morgan fingerprint density at radius 1 is 1.27 bits per heavy atom. The van der Waals surface area contributed by atoms with Crippen LogP contribution in [0.25, 0.3) is 0 Å². The molecule has 0 bridgehead atoms. The molecule has 1 N–H and O–H groups in total. The van der Waals surface area contributed by atoms with Crippen LogP contribution in [0.4, 0.5) is 0 Å². The summed E-state index contributed by atoms with van der Waals surface area (Å²) in [6.07, 6.45) is 6.39. The van der Waals surface area contributed by atoms with Crippen molar-refractivity contribution in [1.29, 1.82) is 0 Å². The van der Waals surface area contributed by atoms with E-state index in [0.717, 1.165) is 12.8 Å². The lowest BCUT2D eigenvalue weighted by molar-refractivity contribution is 0.0321. The van der Waals surface area contributed by atoms with Gasteiger partial charge in [0.25, 0.3) is 0 Å². The molecular weight excluding hydrogens is 214 g/mol. The average Bonchev–Trinajstić information content (AvgIpc) is 2.26. The van der Waals surface area contributed by atoms with Crippen molar-refractivity contribution in [2.75, 3.05) is 18.9 Å². The van der Waals surface area contributed by atoms with Crippen LogP contribution in [0, 0.1) is 0 Å². The average molecular weight is 235 g/mol. The topological polar surface area (TPSA) is 55.4 Å². The molecule has 5 heteroatoms. The highest BCUT2D eigenvalue weighted by Gasteiger charge is 2.13. The Morgan fingerprint density at radius 3 is 2.53 bits per heavy atom. The van der Waals surface area contributed by atoms with E-state index in [0.29, 0.717) is 19.3 Å². The van der Waals surface area contributed by atoms with E-state index >= 15 is 0 Å². The molecule has 0 radical (unpaired) electrons. The smallest absolute Gasteiger partial charge is 0.211 e. The minimum atomic E-state index is -3.05. The molecule has 15 heavy (non-hydrogen) atoms. The number of nitrogens with one attached hydrogen (secondary N) is 1. The number of ether oxygens (including phenoxy) is 1. The fourth-order valence-electron chi connectivity index (χ4n) is 1.76. The second-order valence-corrected chi connectivity index (χ2v) is 6.02. The zero-order valence-electron chi connectivity index (χ0n) is 9.37. The molecule has 0 aromatic heterocycles. The number of sulfonamides is 1. The van der Waals surface area contributed by atoms with E-state index in [1.807, 2.05) is 0 Å². The molecule has 0 saturated heterocycles. The molecule has 0 heterocycles. The Bertz CT molecular complexity index is 258. The highest BCUT2D eigenvalue weighted by molar-refractivity contribution is 7.89. The molecule has 0 amide bonds. The monoisotopic (exact) mass is 235 g/mol. The maximum Gasteiger partial charge on any atom is 0.211 e. The van der Waals surface area contributed by atoms with Gasteiger partial charge in [0, 0.05) is 6.54 Å². The second kappa shape index (κ2) is 6.45. The third-order valence-electron chi connectivity index (χ3n) is 2.71.